The van der Waals surface area contributed by atoms with Gasteiger partial charge in [-0.05, 0) is 49.9 Å². The predicted octanol–water partition coefficient (Wildman–Crippen LogP) is 5.19. The zero-order valence-electron chi connectivity index (χ0n) is 17.9. The molecule has 32 heavy (non-hydrogen) atoms. The second kappa shape index (κ2) is 8.60. The van der Waals surface area contributed by atoms with Crippen molar-refractivity contribution >= 4 is 55.1 Å². The number of nitrogens with one attached hydrogen (secondary N) is 2. The summed E-state index contributed by atoms with van der Waals surface area (Å²) in [5, 5.41) is 16.5. The smallest absolute Gasteiger partial charge is 0.253 e. The van der Waals surface area contributed by atoms with Crippen molar-refractivity contribution in [3.05, 3.63) is 51.9 Å². The molecule has 1 aromatic carbocycles. The molecule has 164 valence electrons. The number of thiophene rings is 1. The molecule has 1 fully saturated rings. The summed E-state index contributed by atoms with van der Waals surface area (Å²) < 4.78 is 0.948. The number of hydrogen-bond acceptors (Lipinski definition) is 7. The fourth-order valence-corrected chi connectivity index (χ4v) is 5.57. The van der Waals surface area contributed by atoms with Crippen molar-refractivity contribution in [2.45, 2.75) is 52.1 Å². The highest BCUT2D eigenvalue weighted by atomic mass is 35.5. The number of amides is 1. The van der Waals surface area contributed by atoms with Crippen LogP contribution in [-0.4, -0.2) is 32.1 Å². The van der Waals surface area contributed by atoms with Crippen molar-refractivity contribution in [3.63, 3.8) is 0 Å². The molecule has 3 aromatic heterocycles. The summed E-state index contributed by atoms with van der Waals surface area (Å²) in [7, 11) is 0. The maximum absolute atomic E-state index is 12.6. The Labute approximate surface area is 194 Å². The van der Waals surface area contributed by atoms with Crippen LogP contribution < -0.4 is 10.6 Å². The number of halogens is 1. The van der Waals surface area contributed by atoms with Gasteiger partial charge >= 0.3 is 0 Å². The number of fused-ring (bicyclic) bond motifs is 3. The van der Waals surface area contributed by atoms with Crippen LogP contribution in [0.4, 0.5) is 5.82 Å². The van der Waals surface area contributed by atoms with Crippen molar-refractivity contribution in [2.24, 2.45) is 0 Å². The second-order valence-corrected chi connectivity index (χ2v) is 9.62. The van der Waals surface area contributed by atoms with Crippen LogP contribution in [0.1, 0.15) is 52.9 Å². The highest BCUT2D eigenvalue weighted by Gasteiger charge is 2.20. The molecule has 1 saturated carbocycles. The molecule has 5 rings (SSSR count). The van der Waals surface area contributed by atoms with E-state index >= 15 is 0 Å². The molecule has 4 aromatic rings. The molecule has 0 saturated heterocycles. The van der Waals surface area contributed by atoms with Crippen LogP contribution in [0.5, 0.6) is 0 Å². The van der Waals surface area contributed by atoms with Gasteiger partial charge in [-0.2, -0.15) is 5.10 Å². The van der Waals surface area contributed by atoms with Gasteiger partial charge in [0.1, 0.15) is 17.0 Å². The molecule has 9 heteroatoms. The first-order valence-corrected chi connectivity index (χ1v) is 11.9. The Morgan fingerprint density at radius 1 is 1.19 bits per heavy atom. The quantitative estimate of drug-likeness (QED) is 0.420. The van der Waals surface area contributed by atoms with Crippen molar-refractivity contribution in [2.75, 3.05) is 5.32 Å². The Balaban J connectivity index is 1.36. The van der Waals surface area contributed by atoms with E-state index < -0.39 is 0 Å². The number of rotatable bonds is 5. The van der Waals surface area contributed by atoms with E-state index in [1.165, 1.54) is 24.2 Å². The SMILES string of the molecule is Cc1nnc2sc3c(NCc4ccc(C(=O)NC5CCCC5)c(Cl)c4)ncnc3c2c1C. The summed E-state index contributed by atoms with van der Waals surface area (Å²) >= 11 is 7.98. The standard InChI is InChI=1S/C23H23ClN6OS/c1-12-13(2)29-30-23-18(12)19-20(32-23)21(27-11-26-19)25-10-14-7-8-16(17(24)9-14)22(31)28-15-5-3-4-6-15/h7-9,11,15H,3-6,10H2,1-2H3,(H,28,31)(H,25,26,27). The van der Waals surface area contributed by atoms with E-state index in [-0.39, 0.29) is 11.9 Å². The van der Waals surface area contributed by atoms with Gasteiger partial charge in [0, 0.05) is 18.0 Å². The van der Waals surface area contributed by atoms with Crippen molar-refractivity contribution in [1.82, 2.24) is 25.5 Å². The Hall–Kier alpha value is -2.84. The summed E-state index contributed by atoms with van der Waals surface area (Å²) in [4.78, 5) is 22.3. The molecular formula is C23H23ClN6OS. The van der Waals surface area contributed by atoms with E-state index in [9.17, 15) is 4.79 Å². The number of nitrogens with zero attached hydrogens (tertiary/aromatic N) is 4. The second-order valence-electron chi connectivity index (χ2n) is 8.22. The molecule has 0 aliphatic heterocycles. The summed E-state index contributed by atoms with van der Waals surface area (Å²) in [5.74, 6) is 0.644. The lowest BCUT2D eigenvalue weighted by atomic mass is 10.1. The molecule has 3 heterocycles. The maximum Gasteiger partial charge on any atom is 0.253 e. The summed E-state index contributed by atoms with van der Waals surface area (Å²) in [6, 6.07) is 5.81. The van der Waals surface area contributed by atoms with E-state index in [1.54, 1.807) is 12.4 Å². The zero-order valence-corrected chi connectivity index (χ0v) is 19.5. The third kappa shape index (κ3) is 3.89. The molecule has 0 atom stereocenters. The van der Waals surface area contributed by atoms with Gasteiger partial charge in [0.2, 0.25) is 0 Å². The predicted molar refractivity (Wildman–Crippen MR) is 128 cm³/mol. The molecule has 0 bridgehead atoms. The molecule has 1 aliphatic rings. The lowest BCUT2D eigenvalue weighted by Gasteiger charge is -2.13. The summed E-state index contributed by atoms with van der Waals surface area (Å²) in [6.07, 6.45) is 5.99. The number of hydrogen-bond donors (Lipinski definition) is 2. The Bertz CT molecular complexity index is 1330. The van der Waals surface area contributed by atoms with Gasteiger partial charge in [-0.3, -0.25) is 4.79 Å². The van der Waals surface area contributed by atoms with Crippen LogP contribution in [0, 0.1) is 13.8 Å². The van der Waals surface area contributed by atoms with Crippen LogP contribution in [0.2, 0.25) is 5.02 Å². The normalized spacial score (nSPS) is 14.3. The highest BCUT2D eigenvalue weighted by molar-refractivity contribution is 7.25. The minimum absolute atomic E-state index is 0.101. The molecule has 2 N–H and O–H groups in total. The van der Waals surface area contributed by atoms with Gasteiger partial charge in [0.25, 0.3) is 5.91 Å². The van der Waals surface area contributed by atoms with Gasteiger partial charge < -0.3 is 10.6 Å². The van der Waals surface area contributed by atoms with Gasteiger partial charge in [0.05, 0.1) is 26.5 Å². The Morgan fingerprint density at radius 3 is 2.78 bits per heavy atom. The van der Waals surface area contributed by atoms with Crippen molar-refractivity contribution in [1.29, 1.82) is 0 Å². The van der Waals surface area contributed by atoms with Crippen molar-refractivity contribution in [3.8, 4) is 0 Å². The summed E-state index contributed by atoms with van der Waals surface area (Å²) in [5.41, 5.74) is 4.35. The summed E-state index contributed by atoms with van der Waals surface area (Å²) in [6.45, 7) is 4.52. The minimum atomic E-state index is -0.101. The van der Waals surface area contributed by atoms with E-state index in [2.05, 4.69) is 30.8 Å². The molecule has 0 radical (unpaired) electrons. The molecule has 0 spiro atoms. The fourth-order valence-electron chi connectivity index (χ4n) is 4.18. The Morgan fingerprint density at radius 2 is 2.00 bits per heavy atom. The number of carbonyl (C=O) groups is 1. The van der Waals surface area contributed by atoms with Crippen LogP contribution in [0.3, 0.4) is 0 Å². The molecular weight excluding hydrogens is 444 g/mol. The Kier molecular flexibility index (Phi) is 5.65. The largest absolute Gasteiger partial charge is 0.365 e. The third-order valence-electron chi connectivity index (χ3n) is 6.09. The van der Waals surface area contributed by atoms with Crippen LogP contribution in [0.15, 0.2) is 24.5 Å². The maximum atomic E-state index is 12.6. The number of carbonyl (C=O) groups excluding carboxylic acids is 1. The topological polar surface area (TPSA) is 92.7 Å². The van der Waals surface area contributed by atoms with Gasteiger partial charge in [-0.25, -0.2) is 9.97 Å². The first-order chi connectivity index (χ1) is 15.5. The fraction of sp³-hybridized carbons (Fsp3) is 0.348. The molecule has 7 nitrogen and oxygen atoms in total. The number of benzene rings is 1. The van der Waals surface area contributed by atoms with E-state index in [1.807, 2.05) is 26.0 Å². The monoisotopic (exact) mass is 466 g/mol. The van der Waals surface area contributed by atoms with Gasteiger partial charge in [-0.1, -0.05) is 30.5 Å². The number of aryl methyl sites for hydroxylation is 2. The first kappa shape index (κ1) is 21.0. The van der Waals surface area contributed by atoms with Crippen LogP contribution in [0.25, 0.3) is 20.4 Å². The molecule has 1 amide bonds. The van der Waals surface area contributed by atoms with Crippen LogP contribution >= 0.6 is 22.9 Å². The zero-order chi connectivity index (χ0) is 22.2. The third-order valence-corrected chi connectivity index (χ3v) is 7.47. The average molecular weight is 467 g/mol. The lowest BCUT2D eigenvalue weighted by molar-refractivity contribution is 0.0938. The lowest BCUT2D eigenvalue weighted by Crippen LogP contribution is -2.32. The number of anilines is 1. The average Bonchev–Trinajstić information content (AvgIpc) is 3.42. The first-order valence-electron chi connectivity index (χ1n) is 10.7. The van der Waals surface area contributed by atoms with E-state index in [0.717, 1.165) is 55.9 Å². The number of aromatic nitrogens is 4. The van der Waals surface area contributed by atoms with E-state index in [4.69, 9.17) is 11.6 Å². The van der Waals surface area contributed by atoms with Gasteiger partial charge in [0.15, 0.2) is 0 Å². The highest BCUT2D eigenvalue weighted by Crippen LogP contribution is 2.36. The van der Waals surface area contributed by atoms with Crippen LogP contribution in [-0.2, 0) is 6.54 Å². The molecule has 1 aliphatic carbocycles. The van der Waals surface area contributed by atoms with Crippen molar-refractivity contribution < 1.29 is 4.79 Å². The van der Waals surface area contributed by atoms with Gasteiger partial charge in [-0.15, -0.1) is 16.4 Å². The molecule has 0 unspecified atom stereocenters. The van der Waals surface area contributed by atoms with E-state index in [0.29, 0.717) is 17.1 Å². The minimum Gasteiger partial charge on any atom is -0.365 e.